The molecular formula is C26H30O11. The maximum absolute atomic E-state index is 11.5. The third-order valence-corrected chi connectivity index (χ3v) is 7.08. The van der Waals surface area contributed by atoms with E-state index in [4.69, 9.17) is 28.4 Å². The number of carbonyl (C=O) groups is 1. The Morgan fingerprint density at radius 1 is 1.05 bits per heavy atom. The van der Waals surface area contributed by atoms with Crippen LogP contribution in [0.5, 0.6) is 28.7 Å². The van der Waals surface area contributed by atoms with E-state index in [1.165, 1.54) is 0 Å². The summed E-state index contributed by atoms with van der Waals surface area (Å²) in [6.45, 7) is 4.33. The van der Waals surface area contributed by atoms with E-state index in [0.717, 1.165) is 16.7 Å². The fourth-order valence-electron chi connectivity index (χ4n) is 5.19. The van der Waals surface area contributed by atoms with E-state index >= 15 is 0 Å². The van der Waals surface area contributed by atoms with Gasteiger partial charge in [0.15, 0.2) is 17.6 Å². The Kier molecular flexibility index (Phi) is 6.57. The molecule has 0 unspecified atom stereocenters. The van der Waals surface area contributed by atoms with Gasteiger partial charge in [-0.3, -0.25) is 0 Å². The summed E-state index contributed by atoms with van der Waals surface area (Å²) >= 11 is 0. The van der Waals surface area contributed by atoms with Crippen molar-refractivity contribution in [1.82, 2.24) is 0 Å². The molecule has 200 valence electrons. The monoisotopic (exact) mass is 518 g/mol. The molecule has 0 spiro atoms. The first-order valence-electron chi connectivity index (χ1n) is 12.0. The van der Waals surface area contributed by atoms with Gasteiger partial charge < -0.3 is 48.8 Å². The van der Waals surface area contributed by atoms with Gasteiger partial charge in [-0.2, -0.15) is 0 Å². The molecule has 4 N–H and O–H groups in total. The Morgan fingerprint density at radius 3 is 2.46 bits per heavy atom. The van der Waals surface area contributed by atoms with Gasteiger partial charge in [0.25, 0.3) is 0 Å². The smallest absolute Gasteiger partial charge is 0.335 e. The van der Waals surface area contributed by atoms with Gasteiger partial charge in [0.05, 0.1) is 26.7 Å². The first kappa shape index (κ1) is 25.4. The van der Waals surface area contributed by atoms with Crippen molar-refractivity contribution in [1.29, 1.82) is 0 Å². The van der Waals surface area contributed by atoms with Crippen molar-refractivity contribution in [2.45, 2.75) is 62.5 Å². The van der Waals surface area contributed by atoms with E-state index in [2.05, 4.69) is 0 Å². The summed E-state index contributed by atoms with van der Waals surface area (Å²) < 4.78 is 34.7. The van der Waals surface area contributed by atoms with Crippen molar-refractivity contribution < 1.29 is 53.6 Å². The van der Waals surface area contributed by atoms with Gasteiger partial charge in [-0.05, 0) is 23.6 Å². The summed E-state index contributed by atoms with van der Waals surface area (Å²) in [7, 11) is 3.12. The predicted octanol–water partition coefficient (Wildman–Crippen LogP) is 1.71. The Hall–Kier alpha value is -3.25. The first-order chi connectivity index (χ1) is 17.7. The number of ether oxygens (including phenoxy) is 6. The maximum atomic E-state index is 11.5. The molecule has 0 saturated carbocycles. The van der Waals surface area contributed by atoms with E-state index in [0.29, 0.717) is 29.6 Å². The summed E-state index contributed by atoms with van der Waals surface area (Å²) in [4.78, 5) is 11.5. The number of aliphatic carboxylic acids is 1. The zero-order valence-corrected chi connectivity index (χ0v) is 20.8. The number of hydrogen-bond acceptors (Lipinski definition) is 10. The van der Waals surface area contributed by atoms with Gasteiger partial charge in [0.1, 0.15) is 35.9 Å². The molecule has 2 aromatic rings. The molecule has 0 bridgehead atoms. The number of carboxylic acid groups (broad SMARTS) is 1. The van der Waals surface area contributed by atoms with Gasteiger partial charge >= 0.3 is 5.97 Å². The molecule has 3 heterocycles. The Labute approximate surface area is 213 Å². The molecule has 7 atom stereocenters. The van der Waals surface area contributed by atoms with E-state index in [1.54, 1.807) is 26.4 Å². The Balaban J connectivity index is 1.49. The van der Waals surface area contributed by atoms with Crippen molar-refractivity contribution >= 4 is 5.97 Å². The lowest BCUT2D eigenvalue weighted by Gasteiger charge is -2.38. The number of methoxy groups -OCH3 is 2. The Morgan fingerprint density at radius 2 is 1.81 bits per heavy atom. The van der Waals surface area contributed by atoms with Crippen LogP contribution < -0.4 is 23.7 Å². The highest BCUT2D eigenvalue weighted by atomic mass is 16.7. The number of aliphatic hydroxyl groups excluding tert-OH is 3. The zero-order chi connectivity index (χ0) is 26.6. The van der Waals surface area contributed by atoms with E-state index in [9.17, 15) is 25.2 Å². The van der Waals surface area contributed by atoms with Crippen LogP contribution in [-0.2, 0) is 9.53 Å². The fraction of sp³-hybridized carbons (Fsp3) is 0.500. The maximum Gasteiger partial charge on any atom is 0.335 e. The third kappa shape index (κ3) is 4.11. The second-order valence-corrected chi connectivity index (χ2v) is 9.61. The van der Waals surface area contributed by atoms with Crippen LogP contribution in [0.3, 0.4) is 0 Å². The minimum atomic E-state index is -1.81. The minimum Gasteiger partial charge on any atom is -0.493 e. The van der Waals surface area contributed by atoms with Crippen LogP contribution in [-0.4, -0.2) is 77.9 Å². The highest BCUT2D eigenvalue weighted by Crippen LogP contribution is 2.57. The molecule has 0 aromatic heterocycles. The average molecular weight is 519 g/mol. The number of aliphatic hydroxyl groups is 3. The first-order valence-corrected chi connectivity index (χ1v) is 12.0. The van der Waals surface area contributed by atoms with Crippen LogP contribution in [0.1, 0.15) is 48.5 Å². The number of benzene rings is 2. The molecule has 0 radical (unpaired) electrons. The lowest BCUT2D eigenvalue weighted by atomic mass is 9.84. The van der Waals surface area contributed by atoms with Crippen LogP contribution in [0.2, 0.25) is 0 Å². The summed E-state index contributed by atoms with van der Waals surface area (Å²) in [6.07, 6.45) is -8.89. The van der Waals surface area contributed by atoms with Crippen LogP contribution in [0, 0.1) is 0 Å². The molecule has 11 heteroatoms. The van der Waals surface area contributed by atoms with Gasteiger partial charge in [-0.25, -0.2) is 4.79 Å². The summed E-state index contributed by atoms with van der Waals surface area (Å²) in [6, 6.07) is 7.15. The molecule has 3 aliphatic heterocycles. The van der Waals surface area contributed by atoms with Crippen LogP contribution >= 0.6 is 0 Å². The van der Waals surface area contributed by atoms with Gasteiger partial charge in [0.2, 0.25) is 12.0 Å². The molecule has 5 rings (SSSR count). The molecule has 0 aliphatic carbocycles. The normalized spacial score (nSPS) is 29.9. The SMILES string of the molecule is COc1ccc2c(c1OC)O[C@@H]1c3c(cc(O[C@H]4O[C@H](C(=O)O)[C@@H](O)[C@H](O)[C@H]4O)cc3C(C)C)OC[C@@H]21. The van der Waals surface area contributed by atoms with E-state index in [-0.39, 0.29) is 23.7 Å². The highest BCUT2D eigenvalue weighted by molar-refractivity contribution is 5.73. The molecule has 2 aromatic carbocycles. The van der Waals surface area contributed by atoms with Crippen molar-refractivity contribution in [2.75, 3.05) is 20.8 Å². The van der Waals surface area contributed by atoms with Crippen molar-refractivity contribution in [3.05, 3.63) is 41.0 Å². The second-order valence-electron chi connectivity index (χ2n) is 9.61. The zero-order valence-electron chi connectivity index (χ0n) is 20.8. The number of rotatable bonds is 6. The van der Waals surface area contributed by atoms with Gasteiger partial charge in [0, 0.05) is 17.2 Å². The molecule has 1 fully saturated rings. The Bertz CT molecular complexity index is 1200. The summed E-state index contributed by atoms with van der Waals surface area (Å²) in [5, 5.41) is 39.8. The van der Waals surface area contributed by atoms with E-state index in [1.807, 2.05) is 26.0 Å². The van der Waals surface area contributed by atoms with Crippen LogP contribution in [0.25, 0.3) is 0 Å². The molecule has 0 amide bonds. The predicted molar refractivity (Wildman–Crippen MR) is 127 cm³/mol. The summed E-state index contributed by atoms with van der Waals surface area (Å²) in [5.41, 5.74) is 2.66. The largest absolute Gasteiger partial charge is 0.493 e. The third-order valence-electron chi connectivity index (χ3n) is 7.08. The van der Waals surface area contributed by atoms with Crippen molar-refractivity contribution in [2.24, 2.45) is 0 Å². The lowest BCUT2D eigenvalue weighted by Crippen LogP contribution is -2.61. The fourth-order valence-corrected chi connectivity index (χ4v) is 5.19. The summed E-state index contributed by atoms with van der Waals surface area (Å²) in [5.74, 6) is 0.886. The molecule has 1 saturated heterocycles. The lowest BCUT2D eigenvalue weighted by molar-refractivity contribution is -0.271. The van der Waals surface area contributed by atoms with Crippen molar-refractivity contribution in [3.63, 3.8) is 0 Å². The highest BCUT2D eigenvalue weighted by Gasteiger charge is 2.49. The number of fused-ring (bicyclic) bond motifs is 5. The van der Waals surface area contributed by atoms with Crippen LogP contribution in [0.4, 0.5) is 0 Å². The number of carboxylic acids is 1. The molecule has 11 nitrogen and oxygen atoms in total. The standard InChI is InChI=1S/C26H30O11/c1-10(2)13-7-11(35-26-20(29)18(27)19(28)24(37-26)25(30)31)8-16-17(13)21-14(9-34-16)12-5-6-15(32-3)23(33-4)22(12)36-21/h5-8,10,14,18-21,24,26-29H,9H2,1-4H3,(H,30,31)/t14-,18-,19-,20+,21-,24-,26-/m0/s1. The molecular weight excluding hydrogens is 488 g/mol. The second kappa shape index (κ2) is 9.56. The van der Waals surface area contributed by atoms with E-state index < -0.39 is 36.7 Å². The van der Waals surface area contributed by atoms with Gasteiger partial charge in [-0.1, -0.05) is 19.9 Å². The molecule has 37 heavy (non-hydrogen) atoms. The topological polar surface area (TPSA) is 153 Å². The quantitative estimate of drug-likeness (QED) is 0.442. The van der Waals surface area contributed by atoms with Crippen LogP contribution in [0.15, 0.2) is 24.3 Å². The molecule has 3 aliphatic rings. The van der Waals surface area contributed by atoms with Gasteiger partial charge in [-0.15, -0.1) is 0 Å². The average Bonchev–Trinajstić information content (AvgIpc) is 3.26. The number of hydrogen-bond donors (Lipinski definition) is 4. The minimum absolute atomic E-state index is 0.0137. The van der Waals surface area contributed by atoms with Crippen molar-refractivity contribution in [3.8, 4) is 28.7 Å².